The molecule has 0 saturated carbocycles. The zero-order valence-electron chi connectivity index (χ0n) is 15.7. The molecule has 0 atom stereocenters. The molecular weight excluding hydrogens is 352 g/mol. The largest absolute Gasteiger partial charge is 0.493 e. The Hall–Kier alpha value is -3.67. The molecule has 2 aromatic heterocycles. The van der Waals surface area contributed by atoms with Crippen LogP contribution in [-0.2, 0) is 0 Å². The Morgan fingerprint density at radius 3 is 2.86 bits per heavy atom. The number of carbonyl (C=O) groups is 1. The summed E-state index contributed by atoms with van der Waals surface area (Å²) in [4.78, 5) is 17.1. The first-order valence-electron chi connectivity index (χ1n) is 9.10. The van der Waals surface area contributed by atoms with E-state index in [9.17, 15) is 4.79 Å². The highest BCUT2D eigenvalue weighted by atomic mass is 16.5. The number of aryl methyl sites for hydroxylation is 1. The summed E-state index contributed by atoms with van der Waals surface area (Å²) in [5.41, 5.74) is 5.29. The van der Waals surface area contributed by atoms with Crippen LogP contribution in [0.15, 0.2) is 65.9 Å². The van der Waals surface area contributed by atoms with E-state index in [-0.39, 0.29) is 5.91 Å². The lowest BCUT2D eigenvalue weighted by molar-refractivity contribution is 0.0948. The number of pyridine rings is 1. The highest BCUT2D eigenvalue weighted by Gasteiger charge is 2.15. The van der Waals surface area contributed by atoms with E-state index in [4.69, 9.17) is 4.74 Å². The number of rotatable bonds is 5. The number of hydrogen-bond donors (Lipinski definition) is 1. The number of imidazole rings is 1. The van der Waals surface area contributed by atoms with Crippen molar-refractivity contribution in [1.29, 1.82) is 0 Å². The maximum absolute atomic E-state index is 12.7. The lowest BCUT2D eigenvalue weighted by Gasteiger charge is -2.10. The Labute approximate surface area is 162 Å². The molecule has 2 aromatic carbocycles. The number of hydrogen-bond acceptors (Lipinski definition) is 4. The number of nitrogens with one attached hydrogen (secondary N) is 1. The van der Waals surface area contributed by atoms with E-state index in [0.29, 0.717) is 18.0 Å². The second-order valence-electron chi connectivity index (χ2n) is 6.31. The van der Waals surface area contributed by atoms with Gasteiger partial charge in [0.25, 0.3) is 5.91 Å². The first-order chi connectivity index (χ1) is 13.7. The molecule has 0 spiro atoms. The van der Waals surface area contributed by atoms with E-state index in [1.165, 1.54) is 0 Å². The third kappa shape index (κ3) is 3.20. The van der Waals surface area contributed by atoms with Gasteiger partial charge in [0.2, 0.25) is 0 Å². The molecule has 1 N–H and O–H groups in total. The lowest BCUT2D eigenvalue weighted by Crippen LogP contribution is -2.20. The van der Waals surface area contributed by atoms with Gasteiger partial charge in [-0.25, -0.2) is 10.4 Å². The van der Waals surface area contributed by atoms with Crippen LogP contribution in [0.4, 0.5) is 0 Å². The van der Waals surface area contributed by atoms with Crippen LogP contribution in [0.5, 0.6) is 5.75 Å². The second kappa shape index (κ2) is 7.52. The Morgan fingerprint density at radius 2 is 2.00 bits per heavy atom. The summed E-state index contributed by atoms with van der Waals surface area (Å²) in [5.74, 6) is 0.413. The molecule has 0 aliphatic rings. The first kappa shape index (κ1) is 17.7. The fraction of sp³-hybridized carbons (Fsp3) is 0.136. The molecule has 0 unspecified atom stereocenters. The third-order valence-corrected chi connectivity index (χ3v) is 4.51. The molecule has 4 aromatic rings. The van der Waals surface area contributed by atoms with E-state index >= 15 is 0 Å². The minimum Gasteiger partial charge on any atom is -0.493 e. The maximum Gasteiger partial charge on any atom is 0.290 e. The Balaban J connectivity index is 1.65. The van der Waals surface area contributed by atoms with Crippen molar-refractivity contribution in [2.75, 3.05) is 6.61 Å². The summed E-state index contributed by atoms with van der Waals surface area (Å²) >= 11 is 0. The average Bonchev–Trinajstić information content (AvgIpc) is 3.05. The monoisotopic (exact) mass is 372 g/mol. The number of carbonyl (C=O) groups excluding carboxylic acids is 1. The van der Waals surface area contributed by atoms with Crippen molar-refractivity contribution in [1.82, 2.24) is 14.8 Å². The predicted molar refractivity (Wildman–Crippen MR) is 110 cm³/mol. The minimum atomic E-state index is -0.314. The summed E-state index contributed by atoms with van der Waals surface area (Å²) in [6.07, 6.45) is 3.44. The summed E-state index contributed by atoms with van der Waals surface area (Å²) in [5, 5.41) is 6.28. The van der Waals surface area contributed by atoms with Crippen LogP contribution in [-0.4, -0.2) is 28.1 Å². The fourth-order valence-electron chi connectivity index (χ4n) is 3.29. The van der Waals surface area contributed by atoms with Crippen LogP contribution in [0.1, 0.15) is 28.7 Å². The molecule has 6 heteroatoms. The number of ether oxygens (including phenoxy) is 1. The molecule has 4 rings (SSSR count). The first-order valence-corrected chi connectivity index (χ1v) is 9.10. The molecule has 0 fully saturated rings. The van der Waals surface area contributed by atoms with E-state index < -0.39 is 0 Å². The summed E-state index contributed by atoms with van der Waals surface area (Å²) in [7, 11) is 0. The summed E-state index contributed by atoms with van der Waals surface area (Å²) < 4.78 is 7.49. The van der Waals surface area contributed by atoms with Gasteiger partial charge in [-0.2, -0.15) is 5.10 Å². The number of amides is 1. The zero-order valence-corrected chi connectivity index (χ0v) is 15.7. The molecule has 0 saturated heterocycles. The molecule has 0 aliphatic heterocycles. The van der Waals surface area contributed by atoms with Crippen molar-refractivity contribution < 1.29 is 9.53 Å². The fourth-order valence-corrected chi connectivity index (χ4v) is 3.29. The highest BCUT2D eigenvalue weighted by molar-refractivity contribution is 6.03. The second-order valence-corrected chi connectivity index (χ2v) is 6.31. The topological polar surface area (TPSA) is 68.0 Å². The van der Waals surface area contributed by atoms with Crippen molar-refractivity contribution >= 4 is 28.5 Å². The third-order valence-electron chi connectivity index (χ3n) is 4.51. The molecular formula is C22H20N4O2. The van der Waals surface area contributed by atoms with Crippen molar-refractivity contribution in [3.8, 4) is 5.75 Å². The maximum atomic E-state index is 12.7. The van der Waals surface area contributed by atoms with E-state index in [0.717, 1.165) is 27.7 Å². The summed E-state index contributed by atoms with van der Waals surface area (Å²) in [6.45, 7) is 4.29. The van der Waals surface area contributed by atoms with Gasteiger partial charge >= 0.3 is 0 Å². The van der Waals surface area contributed by atoms with E-state index in [1.54, 1.807) is 10.6 Å². The minimum absolute atomic E-state index is 0.314. The van der Waals surface area contributed by atoms with Crippen molar-refractivity contribution in [3.05, 3.63) is 77.7 Å². The SMILES string of the molecule is CCOc1ccc2ccccc2c1/C=N\NC(=O)c1c(C)nc2ccccn12. The molecule has 2 heterocycles. The van der Waals surface area contributed by atoms with Crippen LogP contribution in [0.2, 0.25) is 0 Å². The quantitative estimate of drug-likeness (QED) is 0.426. The number of benzene rings is 2. The van der Waals surface area contributed by atoms with Crippen LogP contribution in [0.3, 0.4) is 0 Å². The number of fused-ring (bicyclic) bond motifs is 2. The number of aromatic nitrogens is 2. The van der Waals surface area contributed by atoms with Crippen molar-refractivity contribution in [2.24, 2.45) is 5.10 Å². The lowest BCUT2D eigenvalue weighted by atomic mass is 10.0. The normalized spacial score (nSPS) is 11.4. The van der Waals surface area contributed by atoms with Gasteiger partial charge in [-0.3, -0.25) is 9.20 Å². The average molecular weight is 372 g/mol. The van der Waals surface area contributed by atoms with Gasteiger partial charge in [0.1, 0.15) is 17.1 Å². The molecule has 1 amide bonds. The Morgan fingerprint density at radius 1 is 1.18 bits per heavy atom. The highest BCUT2D eigenvalue weighted by Crippen LogP contribution is 2.26. The zero-order chi connectivity index (χ0) is 19.5. The van der Waals surface area contributed by atoms with E-state index in [2.05, 4.69) is 15.5 Å². The number of hydrazone groups is 1. The van der Waals surface area contributed by atoms with E-state index in [1.807, 2.05) is 74.6 Å². The van der Waals surface area contributed by atoms with Gasteiger partial charge in [0.05, 0.1) is 18.5 Å². The van der Waals surface area contributed by atoms with Gasteiger partial charge in [-0.1, -0.05) is 36.4 Å². The van der Waals surface area contributed by atoms with Gasteiger partial charge in [0.15, 0.2) is 0 Å². The molecule has 28 heavy (non-hydrogen) atoms. The van der Waals surface area contributed by atoms with Crippen LogP contribution >= 0.6 is 0 Å². The van der Waals surface area contributed by atoms with Crippen LogP contribution in [0.25, 0.3) is 16.4 Å². The van der Waals surface area contributed by atoms with Gasteiger partial charge in [-0.05, 0) is 42.8 Å². The Bertz CT molecular complexity index is 1190. The molecule has 0 aliphatic carbocycles. The summed E-state index contributed by atoms with van der Waals surface area (Å²) in [6, 6.07) is 17.5. The van der Waals surface area contributed by atoms with Gasteiger partial charge in [0, 0.05) is 11.8 Å². The molecule has 6 nitrogen and oxygen atoms in total. The molecule has 140 valence electrons. The molecule has 0 bridgehead atoms. The smallest absolute Gasteiger partial charge is 0.290 e. The predicted octanol–water partition coefficient (Wildman–Crippen LogP) is 3.96. The van der Waals surface area contributed by atoms with Gasteiger partial charge < -0.3 is 4.74 Å². The van der Waals surface area contributed by atoms with Crippen molar-refractivity contribution in [3.63, 3.8) is 0 Å². The van der Waals surface area contributed by atoms with Crippen molar-refractivity contribution in [2.45, 2.75) is 13.8 Å². The molecule has 0 radical (unpaired) electrons. The standard InChI is InChI=1S/C22H20N4O2/c1-3-28-19-12-11-16-8-4-5-9-17(16)18(19)14-23-25-22(27)21-15(2)24-20-10-6-7-13-26(20)21/h4-14H,3H2,1-2H3,(H,25,27)/b23-14-. The van der Waals surface area contributed by atoms with Crippen LogP contribution in [0, 0.1) is 6.92 Å². The van der Waals surface area contributed by atoms with Crippen LogP contribution < -0.4 is 10.2 Å². The number of nitrogens with zero attached hydrogens (tertiary/aromatic N) is 3. The Kier molecular flexibility index (Phi) is 4.76. The van der Waals surface area contributed by atoms with Gasteiger partial charge in [-0.15, -0.1) is 0 Å².